The molecule has 2 fully saturated rings. The highest BCUT2D eigenvalue weighted by Gasteiger charge is 2.33. The van der Waals surface area contributed by atoms with Crippen LogP contribution in [-0.4, -0.2) is 98.7 Å². The SMILES string of the molecule is C=CC=O.CCCc1cc(Nc2nccc(N3CCOCC3)c2COC)cc(C2CN(C(CC)CCN(C)CC)C2)n1. The van der Waals surface area contributed by atoms with Crippen molar-refractivity contribution in [3.8, 4) is 0 Å². The average molecular weight is 581 g/mol. The smallest absolute Gasteiger partial charge is 0.142 e. The summed E-state index contributed by atoms with van der Waals surface area (Å²) in [5, 5.41) is 3.66. The third-order valence-electron chi connectivity index (χ3n) is 8.13. The number of aldehydes is 1. The van der Waals surface area contributed by atoms with Gasteiger partial charge in [0.25, 0.3) is 0 Å². The lowest BCUT2D eigenvalue weighted by Crippen LogP contribution is -2.51. The molecule has 1 unspecified atom stereocenters. The van der Waals surface area contributed by atoms with Gasteiger partial charge in [0.1, 0.15) is 12.1 Å². The van der Waals surface area contributed by atoms with Crippen molar-refractivity contribution in [3.63, 3.8) is 0 Å². The lowest BCUT2D eigenvalue weighted by Gasteiger charge is -2.44. The Kier molecular flexibility index (Phi) is 14.4. The van der Waals surface area contributed by atoms with Crippen molar-refractivity contribution in [1.29, 1.82) is 0 Å². The molecular formula is C33H52N6O3. The number of nitrogens with zero attached hydrogens (tertiary/aromatic N) is 5. The molecule has 2 aromatic rings. The number of hydrogen-bond donors (Lipinski definition) is 1. The van der Waals surface area contributed by atoms with Crippen molar-refractivity contribution >= 4 is 23.5 Å². The van der Waals surface area contributed by atoms with Crippen LogP contribution in [0.15, 0.2) is 37.1 Å². The van der Waals surface area contributed by atoms with Gasteiger partial charge in [0.05, 0.1) is 19.8 Å². The maximum absolute atomic E-state index is 9.06. The van der Waals surface area contributed by atoms with Crippen LogP contribution in [0.5, 0.6) is 0 Å². The summed E-state index contributed by atoms with van der Waals surface area (Å²) in [4.78, 5) is 26.3. The van der Waals surface area contributed by atoms with E-state index in [0.717, 1.165) is 88.1 Å². The zero-order chi connectivity index (χ0) is 30.3. The van der Waals surface area contributed by atoms with Crippen LogP contribution in [0.1, 0.15) is 62.9 Å². The molecule has 1 atom stereocenters. The molecule has 0 bridgehead atoms. The van der Waals surface area contributed by atoms with Crippen molar-refractivity contribution in [2.75, 3.05) is 76.9 Å². The Balaban J connectivity index is 0.00000114. The van der Waals surface area contributed by atoms with Crippen LogP contribution in [0.25, 0.3) is 0 Å². The van der Waals surface area contributed by atoms with Crippen molar-refractivity contribution in [2.24, 2.45) is 0 Å². The van der Waals surface area contributed by atoms with E-state index < -0.39 is 0 Å². The summed E-state index contributed by atoms with van der Waals surface area (Å²) in [6, 6.07) is 7.18. The standard InChI is InChI=1S/C30H48N6O2.C3H4O/c1-6-9-24-18-25(19-28(32-24)23-20-36(21-23)26(7-2)11-13-34(4)8-3)33-30-27(22-37-5)29(10-12-31-30)35-14-16-38-17-15-35;1-2-3-4/h10,12,18-19,23,26H,6-9,11,13-17,20-22H2,1-5H3,(H,31,32,33);2-3H,1H2. The van der Waals surface area contributed by atoms with Gasteiger partial charge >= 0.3 is 0 Å². The monoisotopic (exact) mass is 580 g/mol. The van der Waals surface area contributed by atoms with Crippen molar-refractivity contribution < 1.29 is 14.3 Å². The first-order valence-corrected chi connectivity index (χ1v) is 15.5. The predicted octanol–water partition coefficient (Wildman–Crippen LogP) is 5.05. The van der Waals surface area contributed by atoms with Gasteiger partial charge in [-0.3, -0.25) is 14.7 Å². The first kappa shape index (κ1) is 33.6. The van der Waals surface area contributed by atoms with Crippen LogP contribution < -0.4 is 10.2 Å². The van der Waals surface area contributed by atoms with E-state index in [1.54, 1.807) is 7.11 Å². The van der Waals surface area contributed by atoms with E-state index in [4.69, 9.17) is 24.2 Å². The molecule has 9 nitrogen and oxygen atoms in total. The number of aromatic nitrogens is 2. The van der Waals surface area contributed by atoms with Gasteiger partial charge in [-0.05, 0) is 63.7 Å². The van der Waals surface area contributed by atoms with Crippen LogP contribution in [0.2, 0.25) is 0 Å². The third-order valence-corrected chi connectivity index (χ3v) is 8.13. The van der Waals surface area contributed by atoms with Gasteiger partial charge in [-0.25, -0.2) is 4.98 Å². The molecule has 2 saturated heterocycles. The molecule has 2 aliphatic rings. The third kappa shape index (κ3) is 9.59. The summed E-state index contributed by atoms with van der Waals surface area (Å²) in [5.41, 5.74) is 5.68. The van der Waals surface area contributed by atoms with E-state index in [1.807, 2.05) is 6.20 Å². The number of nitrogens with one attached hydrogen (secondary N) is 1. The molecule has 4 heterocycles. The summed E-state index contributed by atoms with van der Waals surface area (Å²) < 4.78 is 11.2. The van der Waals surface area contributed by atoms with Gasteiger partial charge in [-0.1, -0.05) is 33.8 Å². The Morgan fingerprint density at radius 3 is 2.60 bits per heavy atom. The van der Waals surface area contributed by atoms with Crippen LogP contribution in [0.4, 0.5) is 17.2 Å². The maximum atomic E-state index is 9.06. The summed E-state index contributed by atoms with van der Waals surface area (Å²) >= 11 is 0. The minimum atomic E-state index is 0.483. The highest BCUT2D eigenvalue weighted by Crippen LogP contribution is 2.33. The van der Waals surface area contributed by atoms with E-state index in [2.05, 4.69) is 72.6 Å². The van der Waals surface area contributed by atoms with Crippen molar-refractivity contribution in [1.82, 2.24) is 19.8 Å². The lowest BCUT2D eigenvalue weighted by atomic mass is 9.91. The normalized spacial score (nSPS) is 16.4. The van der Waals surface area contributed by atoms with Crippen molar-refractivity contribution in [2.45, 2.75) is 65.0 Å². The van der Waals surface area contributed by atoms with E-state index in [-0.39, 0.29) is 0 Å². The average Bonchev–Trinajstić information content (AvgIpc) is 2.99. The number of likely N-dealkylation sites (tertiary alicyclic amines) is 1. The largest absolute Gasteiger partial charge is 0.380 e. The number of allylic oxidation sites excluding steroid dienone is 1. The molecule has 0 spiro atoms. The Bertz CT molecular complexity index is 1100. The first-order chi connectivity index (χ1) is 20.5. The maximum Gasteiger partial charge on any atom is 0.142 e. The fourth-order valence-electron chi connectivity index (χ4n) is 5.56. The Hall–Kier alpha value is -2.85. The fourth-order valence-corrected chi connectivity index (χ4v) is 5.56. The van der Waals surface area contributed by atoms with Crippen LogP contribution in [0.3, 0.4) is 0 Å². The number of anilines is 3. The van der Waals surface area contributed by atoms with Crippen LogP contribution in [-0.2, 0) is 27.3 Å². The highest BCUT2D eigenvalue weighted by molar-refractivity contribution is 5.68. The van der Waals surface area contributed by atoms with E-state index in [1.165, 1.54) is 30.3 Å². The summed E-state index contributed by atoms with van der Waals surface area (Å²) in [7, 11) is 3.96. The second kappa shape index (κ2) is 18.0. The molecule has 9 heteroatoms. The second-order valence-corrected chi connectivity index (χ2v) is 11.1. The minimum absolute atomic E-state index is 0.483. The number of morpholine rings is 1. The summed E-state index contributed by atoms with van der Waals surface area (Å²) in [6.07, 6.45) is 8.22. The summed E-state index contributed by atoms with van der Waals surface area (Å²) in [5.74, 6) is 1.34. The van der Waals surface area contributed by atoms with E-state index in [9.17, 15) is 0 Å². The number of carbonyl (C=O) groups is 1. The Morgan fingerprint density at radius 2 is 1.98 bits per heavy atom. The minimum Gasteiger partial charge on any atom is -0.380 e. The fraction of sp³-hybridized carbons (Fsp3) is 0.606. The predicted molar refractivity (Wildman–Crippen MR) is 172 cm³/mol. The van der Waals surface area contributed by atoms with Gasteiger partial charge in [-0.15, -0.1) is 0 Å². The molecule has 0 radical (unpaired) electrons. The van der Waals surface area contributed by atoms with Crippen molar-refractivity contribution in [3.05, 3.63) is 54.0 Å². The lowest BCUT2D eigenvalue weighted by molar-refractivity contribution is -0.104. The van der Waals surface area contributed by atoms with Gasteiger partial charge in [0.15, 0.2) is 0 Å². The number of ether oxygens (including phenoxy) is 2. The summed E-state index contributed by atoms with van der Waals surface area (Å²) in [6.45, 7) is 18.1. The number of methoxy groups -OCH3 is 1. The Morgan fingerprint density at radius 1 is 1.24 bits per heavy atom. The molecule has 232 valence electrons. The zero-order valence-corrected chi connectivity index (χ0v) is 26.5. The molecule has 42 heavy (non-hydrogen) atoms. The molecular weight excluding hydrogens is 528 g/mol. The molecule has 0 amide bonds. The van der Waals surface area contributed by atoms with Crippen LogP contribution in [0, 0.1) is 0 Å². The van der Waals surface area contributed by atoms with Crippen LogP contribution >= 0.6 is 0 Å². The molecule has 0 aromatic carbocycles. The molecule has 2 aromatic heterocycles. The number of hydrogen-bond acceptors (Lipinski definition) is 9. The highest BCUT2D eigenvalue weighted by atomic mass is 16.5. The first-order valence-electron chi connectivity index (χ1n) is 15.5. The number of carbonyl (C=O) groups excluding carboxylic acids is 1. The molecule has 1 N–H and O–H groups in total. The molecule has 0 saturated carbocycles. The van der Waals surface area contributed by atoms with Gasteiger partial charge < -0.3 is 24.6 Å². The molecule has 4 rings (SSSR count). The van der Waals surface area contributed by atoms with E-state index in [0.29, 0.717) is 24.9 Å². The van der Waals surface area contributed by atoms with Gasteiger partial charge in [0.2, 0.25) is 0 Å². The topological polar surface area (TPSA) is 83.1 Å². The quantitative estimate of drug-likeness (QED) is 0.230. The van der Waals surface area contributed by atoms with Gasteiger partial charge in [-0.2, -0.15) is 0 Å². The number of rotatable bonds is 15. The zero-order valence-electron chi connectivity index (χ0n) is 26.5. The second-order valence-electron chi connectivity index (χ2n) is 11.1. The van der Waals surface area contributed by atoms with E-state index >= 15 is 0 Å². The molecule has 2 aliphatic heterocycles. The number of pyridine rings is 2. The number of aryl methyl sites for hydroxylation is 1. The van der Waals surface area contributed by atoms with Gasteiger partial charge in [0, 0.05) is 79.8 Å². The Labute approximate surface area is 253 Å². The molecule has 0 aliphatic carbocycles.